The Bertz CT molecular complexity index is 970. The third kappa shape index (κ3) is 47.1. The maximum atomic E-state index is 13.2. The number of ether oxygens (including phenoxy) is 1. The average Bonchev–Trinajstić information content (AvgIpc) is 3.29. The first-order valence-corrected chi connectivity index (χ1v) is 28.9. The van der Waals surface area contributed by atoms with Crippen LogP contribution in [0.5, 0.6) is 0 Å². The van der Waals surface area contributed by atoms with Gasteiger partial charge in [0.25, 0.3) is 0 Å². The lowest BCUT2D eigenvalue weighted by atomic mass is 10.0. The molecule has 0 heterocycles. The molecule has 3 atom stereocenters. The molecule has 0 aliphatic rings. The summed E-state index contributed by atoms with van der Waals surface area (Å²) in [5.74, 6) is -0.453. The van der Waals surface area contributed by atoms with Crippen LogP contribution in [0.4, 0.5) is 0 Å². The summed E-state index contributed by atoms with van der Waals surface area (Å²) in [6.45, 7) is 6.52. The number of nitrogens with one attached hydrogen (secondary N) is 1. The number of unbranched alkanes of at least 4 members (excludes halogenated alkanes) is 39. The first kappa shape index (κ1) is 62.6. The molecule has 3 N–H and O–H groups in total. The van der Waals surface area contributed by atoms with E-state index >= 15 is 0 Å². The summed E-state index contributed by atoms with van der Waals surface area (Å²) in [6.07, 6.45) is 59.9. The van der Waals surface area contributed by atoms with Gasteiger partial charge in [0.15, 0.2) is 0 Å². The second kappa shape index (κ2) is 52.6. The van der Waals surface area contributed by atoms with E-state index in [0.29, 0.717) is 19.3 Å². The van der Waals surface area contributed by atoms with Crippen molar-refractivity contribution in [2.45, 2.75) is 341 Å². The lowest BCUT2D eigenvalue weighted by Crippen LogP contribution is -2.46. The average molecular weight is 905 g/mol. The molecule has 0 saturated carbocycles. The molecule has 6 heteroatoms. The number of aliphatic hydroxyl groups excluding tert-OH is 2. The van der Waals surface area contributed by atoms with Gasteiger partial charge in [-0.3, -0.25) is 9.59 Å². The quantitative estimate of drug-likeness (QED) is 0.0321. The summed E-state index contributed by atoms with van der Waals surface area (Å²) in [7, 11) is 0. The maximum Gasteiger partial charge on any atom is 0.306 e. The number of amides is 1. The van der Waals surface area contributed by atoms with E-state index in [1.165, 1.54) is 231 Å². The SMILES string of the molecule is CCCCCCCC/C=C/CCCCCCCCCCCC(=O)OC(CCCCCCCCCCCCCCCC)CC(=O)NC(CO)C(O)CCCCCCCCCCCCCC. The number of hydrogen-bond donors (Lipinski definition) is 3. The largest absolute Gasteiger partial charge is 0.462 e. The van der Waals surface area contributed by atoms with Gasteiger partial charge >= 0.3 is 5.97 Å². The zero-order chi connectivity index (χ0) is 46.7. The van der Waals surface area contributed by atoms with Crippen LogP contribution >= 0.6 is 0 Å². The van der Waals surface area contributed by atoms with Crippen LogP contribution in [0.15, 0.2) is 12.2 Å². The lowest BCUT2D eigenvalue weighted by molar-refractivity contribution is -0.151. The third-order valence-electron chi connectivity index (χ3n) is 13.6. The number of carbonyl (C=O) groups excluding carboxylic acids is 2. The van der Waals surface area contributed by atoms with Crippen LogP contribution in [-0.4, -0.2) is 46.9 Å². The van der Waals surface area contributed by atoms with Gasteiger partial charge in [-0.05, 0) is 51.4 Å². The van der Waals surface area contributed by atoms with Crippen LogP contribution in [0.1, 0.15) is 323 Å². The van der Waals surface area contributed by atoms with Crippen LogP contribution in [0.3, 0.4) is 0 Å². The van der Waals surface area contributed by atoms with Crippen molar-refractivity contribution in [2.24, 2.45) is 0 Å². The highest BCUT2D eigenvalue weighted by atomic mass is 16.5. The molecule has 0 aliphatic carbocycles. The minimum atomic E-state index is -0.782. The van der Waals surface area contributed by atoms with Gasteiger partial charge in [0, 0.05) is 6.42 Å². The van der Waals surface area contributed by atoms with Crippen LogP contribution in [-0.2, 0) is 14.3 Å². The van der Waals surface area contributed by atoms with E-state index in [9.17, 15) is 19.8 Å². The van der Waals surface area contributed by atoms with Crippen molar-refractivity contribution in [2.75, 3.05) is 6.61 Å². The molecule has 0 radical (unpaired) electrons. The summed E-state index contributed by atoms with van der Waals surface area (Å²) < 4.78 is 5.97. The van der Waals surface area contributed by atoms with Crippen molar-refractivity contribution >= 4 is 11.9 Å². The van der Waals surface area contributed by atoms with Crippen LogP contribution in [0, 0.1) is 0 Å². The predicted octanol–water partition coefficient (Wildman–Crippen LogP) is 17.7. The highest BCUT2D eigenvalue weighted by molar-refractivity contribution is 5.77. The fraction of sp³-hybridized carbons (Fsp3) is 0.931. The van der Waals surface area contributed by atoms with Gasteiger partial charge in [0.05, 0.1) is 25.2 Å². The number of carbonyl (C=O) groups is 2. The van der Waals surface area contributed by atoms with E-state index < -0.39 is 18.2 Å². The van der Waals surface area contributed by atoms with Gasteiger partial charge in [-0.1, -0.05) is 270 Å². The summed E-state index contributed by atoms with van der Waals surface area (Å²) >= 11 is 0. The van der Waals surface area contributed by atoms with Gasteiger partial charge < -0.3 is 20.3 Å². The number of aliphatic hydroxyl groups is 2. The standard InChI is InChI=1S/C58H113NO5/c1-4-7-10-13-16-19-22-25-27-28-29-30-31-33-36-39-42-45-48-51-58(63)64-54(49-46-43-40-37-34-32-26-23-20-17-14-11-8-5-2)52-57(62)59-55(53-60)56(61)50-47-44-41-38-35-24-21-18-15-12-9-6-3/h25,27,54-56,60-61H,4-24,26,28-53H2,1-3H3,(H,59,62)/b27-25+. The fourth-order valence-electron chi connectivity index (χ4n) is 9.19. The van der Waals surface area contributed by atoms with Crippen LogP contribution in [0.2, 0.25) is 0 Å². The Labute approximate surface area is 399 Å². The second-order valence-corrected chi connectivity index (χ2v) is 20.1. The van der Waals surface area contributed by atoms with Gasteiger partial charge in [-0.25, -0.2) is 0 Å². The Kier molecular flexibility index (Phi) is 51.4. The number of rotatable bonds is 53. The van der Waals surface area contributed by atoms with Crippen molar-refractivity contribution in [3.8, 4) is 0 Å². The molecule has 0 aliphatic heterocycles. The number of esters is 1. The zero-order valence-corrected chi connectivity index (χ0v) is 43.4. The van der Waals surface area contributed by atoms with Crippen LogP contribution in [0.25, 0.3) is 0 Å². The minimum Gasteiger partial charge on any atom is -0.462 e. The van der Waals surface area contributed by atoms with Gasteiger partial charge in [0.2, 0.25) is 5.91 Å². The molecule has 0 bridgehead atoms. The third-order valence-corrected chi connectivity index (χ3v) is 13.6. The van der Waals surface area contributed by atoms with Crippen molar-refractivity contribution in [1.82, 2.24) is 5.32 Å². The molecular formula is C58H113NO5. The van der Waals surface area contributed by atoms with Crippen molar-refractivity contribution in [3.63, 3.8) is 0 Å². The highest BCUT2D eigenvalue weighted by Gasteiger charge is 2.24. The Morgan fingerprint density at radius 2 is 0.750 bits per heavy atom. The molecule has 0 spiro atoms. The molecule has 6 nitrogen and oxygen atoms in total. The first-order valence-electron chi connectivity index (χ1n) is 28.9. The highest BCUT2D eigenvalue weighted by Crippen LogP contribution is 2.19. The molecule has 0 saturated heterocycles. The molecule has 0 aromatic carbocycles. The molecule has 1 amide bonds. The predicted molar refractivity (Wildman–Crippen MR) is 278 cm³/mol. The first-order chi connectivity index (χ1) is 31.5. The van der Waals surface area contributed by atoms with Crippen molar-refractivity contribution < 1.29 is 24.5 Å². The van der Waals surface area contributed by atoms with Gasteiger partial charge in [-0.15, -0.1) is 0 Å². The van der Waals surface area contributed by atoms with Crippen molar-refractivity contribution in [1.29, 1.82) is 0 Å². The van der Waals surface area contributed by atoms with Gasteiger partial charge in [-0.2, -0.15) is 0 Å². The second-order valence-electron chi connectivity index (χ2n) is 20.1. The number of hydrogen-bond acceptors (Lipinski definition) is 5. The summed E-state index contributed by atoms with van der Waals surface area (Å²) in [5.41, 5.74) is 0. The monoisotopic (exact) mass is 904 g/mol. The molecule has 3 unspecified atom stereocenters. The molecule has 0 aromatic rings. The smallest absolute Gasteiger partial charge is 0.306 e. The molecule has 0 aromatic heterocycles. The Morgan fingerprint density at radius 1 is 0.438 bits per heavy atom. The Morgan fingerprint density at radius 3 is 1.11 bits per heavy atom. The van der Waals surface area contributed by atoms with E-state index in [1.807, 2.05) is 0 Å². The summed E-state index contributed by atoms with van der Waals surface area (Å²) in [5, 5.41) is 23.8. The Hall–Kier alpha value is -1.40. The normalized spacial score (nSPS) is 13.1. The van der Waals surface area contributed by atoms with E-state index in [-0.39, 0.29) is 24.9 Å². The van der Waals surface area contributed by atoms with E-state index in [4.69, 9.17) is 4.74 Å². The van der Waals surface area contributed by atoms with Crippen LogP contribution < -0.4 is 5.32 Å². The minimum absolute atomic E-state index is 0.0848. The zero-order valence-electron chi connectivity index (χ0n) is 43.4. The maximum absolute atomic E-state index is 13.2. The topological polar surface area (TPSA) is 95.9 Å². The molecule has 0 rings (SSSR count). The van der Waals surface area contributed by atoms with E-state index in [1.54, 1.807) is 0 Å². The fourth-order valence-corrected chi connectivity index (χ4v) is 9.19. The van der Waals surface area contributed by atoms with E-state index in [2.05, 4.69) is 38.2 Å². The van der Waals surface area contributed by atoms with E-state index in [0.717, 1.165) is 44.9 Å². The molecular weight excluding hydrogens is 791 g/mol. The lowest BCUT2D eigenvalue weighted by Gasteiger charge is -2.24. The summed E-state index contributed by atoms with van der Waals surface area (Å²) in [6, 6.07) is -0.695. The van der Waals surface area contributed by atoms with Gasteiger partial charge in [0.1, 0.15) is 6.10 Å². The molecule has 64 heavy (non-hydrogen) atoms. The Balaban J connectivity index is 4.48. The molecule has 0 fully saturated rings. The summed E-state index contributed by atoms with van der Waals surface area (Å²) in [4.78, 5) is 26.3. The number of allylic oxidation sites excluding steroid dienone is 2. The van der Waals surface area contributed by atoms with Crippen molar-refractivity contribution in [3.05, 3.63) is 12.2 Å². The molecule has 380 valence electrons.